The number of carbonyl (C=O) groups is 1. The van der Waals surface area contributed by atoms with Gasteiger partial charge in [0.2, 0.25) is 0 Å². The molecule has 0 saturated heterocycles. The quantitative estimate of drug-likeness (QED) is 0.539. The van der Waals surface area contributed by atoms with Crippen molar-refractivity contribution in [1.82, 2.24) is 0 Å². The zero-order valence-electron chi connectivity index (χ0n) is 6.04. The highest BCUT2D eigenvalue weighted by atomic mass is 16.5. The molecule has 0 radical (unpaired) electrons. The number of ether oxygens (including phenoxy) is 1. The van der Waals surface area contributed by atoms with Crippen molar-refractivity contribution >= 4 is 5.97 Å². The molecule has 1 aliphatic rings. The third-order valence-corrected chi connectivity index (χ3v) is 1.98. The number of hydrogen-bond acceptors (Lipinski definition) is 3. The molecular weight excluding hydrogens is 132 g/mol. The predicted molar refractivity (Wildman–Crippen MR) is 35.4 cm³/mol. The van der Waals surface area contributed by atoms with E-state index in [0.717, 1.165) is 19.3 Å². The molecule has 1 N–H and O–H groups in total. The Morgan fingerprint density at radius 3 is 2.70 bits per heavy atom. The van der Waals surface area contributed by atoms with Crippen LogP contribution in [0.5, 0.6) is 0 Å². The number of rotatable bonds is 1. The molecule has 0 heterocycles. The Labute approximate surface area is 60.0 Å². The summed E-state index contributed by atoms with van der Waals surface area (Å²) in [6, 6.07) is 0. The maximum Gasteiger partial charge on any atom is 0.311 e. The van der Waals surface area contributed by atoms with Gasteiger partial charge in [-0.2, -0.15) is 0 Å². The fraction of sp³-hybridized carbons (Fsp3) is 0.857. The second kappa shape index (κ2) is 3.01. The molecule has 0 spiro atoms. The van der Waals surface area contributed by atoms with E-state index in [2.05, 4.69) is 4.74 Å². The van der Waals surface area contributed by atoms with Crippen LogP contribution in [0.3, 0.4) is 0 Å². The third-order valence-electron chi connectivity index (χ3n) is 1.98. The van der Waals surface area contributed by atoms with E-state index >= 15 is 0 Å². The van der Waals surface area contributed by atoms with E-state index < -0.39 is 6.10 Å². The van der Waals surface area contributed by atoms with Gasteiger partial charge in [0.25, 0.3) is 0 Å². The first-order valence-electron chi connectivity index (χ1n) is 3.51. The van der Waals surface area contributed by atoms with Crippen LogP contribution >= 0.6 is 0 Å². The van der Waals surface area contributed by atoms with Gasteiger partial charge in [-0.05, 0) is 19.3 Å². The maximum absolute atomic E-state index is 10.8. The normalized spacial score (nSPS) is 32.2. The van der Waals surface area contributed by atoms with Crippen LogP contribution in [0.15, 0.2) is 0 Å². The van der Waals surface area contributed by atoms with Crippen LogP contribution in [0, 0.1) is 5.92 Å². The van der Waals surface area contributed by atoms with Crippen LogP contribution in [-0.2, 0) is 9.53 Å². The number of carbonyl (C=O) groups excluding carboxylic acids is 1. The second-order valence-corrected chi connectivity index (χ2v) is 2.63. The number of hydrogen-bond donors (Lipinski definition) is 1. The van der Waals surface area contributed by atoms with Crippen molar-refractivity contribution in [2.24, 2.45) is 5.92 Å². The minimum atomic E-state index is -0.465. The SMILES string of the molecule is COC(=O)[C@@H]1CCC[C@H]1O. The van der Waals surface area contributed by atoms with Gasteiger partial charge in [-0.3, -0.25) is 4.79 Å². The molecule has 3 heteroatoms. The molecular formula is C7H12O3. The average molecular weight is 144 g/mol. The lowest BCUT2D eigenvalue weighted by Crippen LogP contribution is -2.23. The van der Waals surface area contributed by atoms with Crippen LogP contribution in [0.1, 0.15) is 19.3 Å². The van der Waals surface area contributed by atoms with Crippen LogP contribution in [0.2, 0.25) is 0 Å². The summed E-state index contributed by atoms with van der Waals surface area (Å²) in [5.74, 6) is -0.532. The molecule has 0 aromatic carbocycles. The van der Waals surface area contributed by atoms with E-state index in [1.807, 2.05) is 0 Å². The summed E-state index contributed by atoms with van der Waals surface area (Å²) >= 11 is 0. The highest BCUT2D eigenvalue weighted by Gasteiger charge is 2.31. The summed E-state index contributed by atoms with van der Waals surface area (Å²) in [7, 11) is 1.35. The molecule has 1 fully saturated rings. The Morgan fingerprint density at radius 1 is 1.60 bits per heavy atom. The zero-order chi connectivity index (χ0) is 7.56. The summed E-state index contributed by atoms with van der Waals surface area (Å²) in [5, 5.41) is 9.19. The number of esters is 1. The Bertz CT molecular complexity index is 133. The monoisotopic (exact) mass is 144 g/mol. The van der Waals surface area contributed by atoms with Gasteiger partial charge in [0, 0.05) is 0 Å². The molecule has 0 aromatic rings. The lowest BCUT2D eigenvalue weighted by Gasteiger charge is -2.10. The van der Waals surface area contributed by atoms with Gasteiger partial charge < -0.3 is 9.84 Å². The van der Waals surface area contributed by atoms with Crippen molar-refractivity contribution in [3.05, 3.63) is 0 Å². The van der Waals surface area contributed by atoms with E-state index in [0.29, 0.717) is 0 Å². The van der Waals surface area contributed by atoms with Crippen molar-refractivity contribution in [3.63, 3.8) is 0 Å². The summed E-state index contributed by atoms with van der Waals surface area (Å²) < 4.78 is 4.51. The molecule has 1 rings (SSSR count). The van der Waals surface area contributed by atoms with Gasteiger partial charge in [-0.25, -0.2) is 0 Å². The molecule has 0 aliphatic heterocycles. The lowest BCUT2D eigenvalue weighted by molar-refractivity contribution is -0.148. The Hall–Kier alpha value is -0.570. The van der Waals surface area contributed by atoms with Crippen LogP contribution < -0.4 is 0 Å². The molecule has 58 valence electrons. The molecule has 0 unspecified atom stereocenters. The van der Waals surface area contributed by atoms with E-state index in [1.54, 1.807) is 0 Å². The summed E-state index contributed by atoms with van der Waals surface area (Å²) in [6.45, 7) is 0. The van der Waals surface area contributed by atoms with Gasteiger partial charge in [-0.15, -0.1) is 0 Å². The molecule has 0 amide bonds. The molecule has 1 aliphatic carbocycles. The van der Waals surface area contributed by atoms with E-state index in [1.165, 1.54) is 7.11 Å². The van der Waals surface area contributed by atoms with Crippen LogP contribution in [0.25, 0.3) is 0 Å². The Balaban J connectivity index is 2.46. The molecule has 2 atom stereocenters. The topological polar surface area (TPSA) is 46.5 Å². The fourth-order valence-corrected chi connectivity index (χ4v) is 1.37. The van der Waals surface area contributed by atoms with E-state index in [4.69, 9.17) is 0 Å². The summed E-state index contributed by atoms with van der Waals surface area (Å²) in [5.41, 5.74) is 0. The molecule has 3 nitrogen and oxygen atoms in total. The Morgan fingerprint density at radius 2 is 2.30 bits per heavy atom. The standard InChI is InChI=1S/C7H12O3/c1-10-7(9)5-3-2-4-6(5)8/h5-6,8H,2-4H2,1H3/t5-,6-/m1/s1. The zero-order valence-corrected chi connectivity index (χ0v) is 6.04. The fourth-order valence-electron chi connectivity index (χ4n) is 1.37. The van der Waals surface area contributed by atoms with Crippen molar-refractivity contribution < 1.29 is 14.6 Å². The van der Waals surface area contributed by atoms with Gasteiger partial charge in [-0.1, -0.05) is 0 Å². The van der Waals surface area contributed by atoms with Crippen LogP contribution in [0.4, 0.5) is 0 Å². The molecule has 0 aromatic heterocycles. The number of aliphatic hydroxyl groups is 1. The highest BCUT2D eigenvalue weighted by Crippen LogP contribution is 2.26. The van der Waals surface area contributed by atoms with Gasteiger partial charge in [0.05, 0.1) is 19.1 Å². The molecule has 10 heavy (non-hydrogen) atoms. The van der Waals surface area contributed by atoms with Crippen LogP contribution in [-0.4, -0.2) is 24.3 Å². The van der Waals surface area contributed by atoms with Gasteiger partial charge in [0.15, 0.2) is 0 Å². The first-order chi connectivity index (χ1) is 4.75. The van der Waals surface area contributed by atoms with Crippen molar-refractivity contribution in [1.29, 1.82) is 0 Å². The maximum atomic E-state index is 10.8. The first-order valence-corrected chi connectivity index (χ1v) is 3.51. The van der Waals surface area contributed by atoms with Crippen molar-refractivity contribution in [3.8, 4) is 0 Å². The first kappa shape index (κ1) is 7.54. The minimum Gasteiger partial charge on any atom is -0.469 e. The second-order valence-electron chi connectivity index (χ2n) is 2.63. The molecule has 1 saturated carbocycles. The largest absolute Gasteiger partial charge is 0.469 e. The predicted octanol–water partition coefficient (Wildman–Crippen LogP) is 0.320. The minimum absolute atomic E-state index is 0.259. The van der Waals surface area contributed by atoms with Gasteiger partial charge >= 0.3 is 5.97 Å². The summed E-state index contributed by atoms with van der Waals surface area (Å²) in [6.07, 6.45) is 1.97. The smallest absolute Gasteiger partial charge is 0.311 e. The van der Waals surface area contributed by atoms with Crippen molar-refractivity contribution in [2.75, 3.05) is 7.11 Å². The average Bonchev–Trinajstić information content (AvgIpc) is 2.34. The lowest BCUT2D eigenvalue weighted by atomic mass is 10.1. The highest BCUT2D eigenvalue weighted by molar-refractivity contribution is 5.73. The van der Waals surface area contributed by atoms with Gasteiger partial charge in [0.1, 0.15) is 0 Å². The Kier molecular flexibility index (Phi) is 2.27. The third kappa shape index (κ3) is 1.29. The van der Waals surface area contributed by atoms with Crippen molar-refractivity contribution in [2.45, 2.75) is 25.4 Å². The summed E-state index contributed by atoms with van der Waals surface area (Å²) in [4.78, 5) is 10.8. The number of aliphatic hydroxyl groups excluding tert-OH is 1. The number of methoxy groups -OCH3 is 1. The van der Waals surface area contributed by atoms with E-state index in [9.17, 15) is 9.90 Å². The van der Waals surface area contributed by atoms with E-state index in [-0.39, 0.29) is 11.9 Å². The molecule has 0 bridgehead atoms.